The van der Waals surface area contributed by atoms with E-state index in [1.54, 1.807) is 4.90 Å². The molecule has 27 heavy (non-hydrogen) atoms. The van der Waals surface area contributed by atoms with Crippen LogP contribution in [0.5, 0.6) is 0 Å². The molecule has 0 aliphatic carbocycles. The van der Waals surface area contributed by atoms with Crippen molar-refractivity contribution in [3.63, 3.8) is 0 Å². The lowest BCUT2D eigenvalue weighted by Crippen LogP contribution is -2.49. The first kappa shape index (κ1) is 23.0. The van der Waals surface area contributed by atoms with E-state index in [1.165, 1.54) is 24.3 Å². The highest BCUT2D eigenvalue weighted by molar-refractivity contribution is 5.97. The van der Waals surface area contributed by atoms with Gasteiger partial charge in [-0.25, -0.2) is 4.39 Å². The first-order chi connectivity index (χ1) is 12.5. The SMILES string of the molecule is Cl.NCCC(=O)NCC1CCCCN1C(=O)CCC(=O)c1ccc(F)cc1. The first-order valence-electron chi connectivity index (χ1n) is 9.06. The van der Waals surface area contributed by atoms with Crippen LogP contribution in [0.15, 0.2) is 24.3 Å². The predicted octanol–water partition coefficient (Wildman–Crippen LogP) is 2.06. The molecule has 1 aliphatic heterocycles. The van der Waals surface area contributed by atoms with E-state index in [-0.39, 0.29) is 55.3 Å². The molecule has 0 spiro atoms. The van der Waals surface area contributed by atoms with Gasteiger partial charge in [0, 0.05) is 50.5 Å². The third-order valence-electron chi connectivity index (χ3n) is 4.59. The van der Waals surface area contributed by atoms with E-state index < -0.39 is 5.82 Å². The van der Waals surface area contributed by atoms with Crippen molar-refractivity contribution in [2.24, 2.45) is 5.73 Å². The maximum atomic E-state index is 12.9. The number of nitrogens with zero attached hydrogens (tertiary/aromatic N) is 1. The van der Waals surface area contributed by atoms with Gasteiger partial charge in [-0.15, -0.1) is 12.4 Å². The smallest absolute Gasteiger partial charge is 0.223 e. The molecule has 1 saturated heterocycles. The summed E-state index contributed by atoms with van der Waals surface area (Å²) in [5.41, 5.74) is 5.77. The lowest BCUT2D eigenvalue weighted by atomic mass is 10.00. The van der Waals surface area contributed by atoms with Gasteiger partial charge in [0.05, 0.1) is 0 Å². The van der Waals surface area contributed by atoms with E-state index in [1.807, 2.05) is 0 Å². The van der Waals surface area contributed by atoms with Gasteiger partial charge in [0.1, 0.15) is 5.82 Å². The van der Waals surface area contributed by atoms with Crippen LogP contribution in [0.3, 0.4) is 0 Å². The number of likely N-dealkylation sites (tertiary alicyclic amines) is 1. The summed E-state index contributed by atoms with van der Waals surface area (Å²) in [6.45, 7) is 1.35. The number of carbonyl (C=O) groups is 3. The highest BCUT2D eigenvalue weighted by atomic mass is 35.5. The number of nitrogens with one attached hydrogen (secondary N) is 1. The van der Waals surface area contributed by atoms with Crippen LogP contribution in [0.4, 0.5) is 4.39 Å². The second-order valence-electron chi connectivity index (χ2n) is 6.51. The van der Waals surface area contributed by atoms with Gasteiger partial charge in [-0.1, -0.05) is 0 Å². The first-order valence-corrected chi connectivity index (χ1v) is 9.06. The average Bonchev–Trinajstić information content (AvgIpc) is 2.65. The Kier molecular flexibility index (Phi) is 9.96. The predicted molar refractivity (Wildman–Crippen MR) is 103 cm³/mol. The third kappa shape index (κ3) is 7.27. The van der Waals surface area contributed by atoms with Crippen LogP contribution in [-0.2, 0) is 9.59 Å². The van der Waals surface area contributed by atoms with Crippen molar-refractivity contribution in [2.75, 3.05) is 19.6 Å². The number of halogens is 2. The van der Waals surface area contributed by atoms with E-state index in [0.29, 0.717) is 25.2 Å². The van der Waals surface area contributed by atoms with Gasteiger partial charge >= 0.3 is 0 Å². The molecule has 150 valence electrons. The molecule has 2 amide bonds. The van der Waals surface area contributed by atoms with Crippen LogP contribution in [0.1, 0.15) is 48.9 Å². The van der Waals surface area contributed by atoms with Gasteiger partial charge in [-0.05, 0) is 43.5 Å². The fourth-order valence-electron chi connectivity index (χ4n) is 3.14. The van der Waals surface area contributed by atoms with Crippen LogP contribution in [0, 0.1) is 5.82 Å². The van der Waals surface area contributed by atoms with Crippen molar-refractivity contribution in [3.05, 3.63) is 35.6 Å². The Labute approximate surface area is 165 Å². The molecule has 1 aromatic rings. The quantitative estimate of drug-likeness (QED) is 0.654. The summed E-state index contributed by atoms with van der Waals surface area (Å²) in [7, 11) is 0. The van der Waals surface area contributed by atoms with Crippen LogP contribution < -0.4 is 11.1 Å². The Morgan fingerprint density at radius 1 is 1.11 bits per heavy atom. The molecule has 0 radical (unpaired) electrons. The summed E-state index contributed by atoms with van der Waals surface area (Å²) in [5.74, 6) is -0.774. The molecule has 6 nitrogen and oxygen atoms in total. The van der Waals surface area contributed by atoms with Crippen molar-refractivity contribution in [2.45, 2.75) is 44.6 Å². The van der Waals surface area contributed by atoms with Crippen LogP contribution in [-0.4, -0.2) is 48.2 Å². The standard InChI is InChI=1S/C19H26FN3O3.ClH/c20-15-6-4-14(5-7-15)17(24)8-9-19(26)23-12-2-1-3-16(23)13-22-18(25)10-11-21;/h4-7,16H,1-3,8-13,21H2,(H,22,25);1H. The molecule has 1 unspecified atom stereocenters. The average molecular weight is 400 g/mol. The van der Waals surface area contributed by atoms with Crippen molar-refractivity contribution in [1.29, 1.82) is 0 Å². The number of hydrogen-bond acceptors (Lipinski definition) is 4. The fourth-order valence-corrected chi connectivity index (χ4v) is 3.14. The molecule has 0 aromatic heterocycles. The summed E-state index contributed by atoms with van der Waals surface area (Å²) >= 11 is 0. The summed E-state index contributed by atoms with van der Waals surface area (Å²) < 4.78 is 12.9. The number of carbonyl (C=O) groups excluding carboxylic acids is 3. The van der Waals surface area contributed by atoms with Crippen molar-refractivity contribution < 1.29 is 18.8 Å². The minimum Gasteiger partial charge on any atom is -0.354 e. The Morgan fingerprint density at radius 2 is 1.81 bits per heavy atom. The van der Waals surface area contributed by atoms with E-state index in [2.05, 4.69) is 5.32 Å². The van der Waals surface area contributed by atoms with Gasteiger partial charge < -0.3 is 16.0 Å². The van der Waals surface area contributed by atoms with Gasteiger partial charge in [-0.3, -0.25) is 14.4 Å². The van der Waals surface area contributed by atoms with Gasteiger partial charge in [0.25, 0.3) is 0 Å². The molecule has 0 saturated carbocycles. The number of nitrogens with two attached hydrogens (primary N) is 1. The van der Waals surface area contributed by atoms with Crippen molar-refractivity contribution in [1.82, 2.24) is 10.2 Å². The number of benzene rings is 1. The van der Waals surface area contributed by atoms with E-state index in [9.17, 15) is 18.8 Å². The molecule has 0 bridgehead atoms. The second kappa shape index (κ2) is 11.7. The zero-order chi connectivity index (χ0) is 18.9. The monoisotopic (exact) mass is 399 g/mol. The number of ketones is 1. The molecular formula is C19H27ClFN3O3. The van der Waals surface area contributed by atoms with Crippen molar-refractivity contribution in [3.8, 4) is 0 Å². The molecule has 8 heteroatoms. The topological polar surface area (TPSA) is 92.5 Å². The van der Waals surface area contributed by atoms with E-state index in [4.69, 9.17) is 5.73 Å². The molecule has 1 aliphatic rings. The number of piperidine rings is 1. The highest BCUT2D eigenvalue weighted by Crippen LogP contribution is 2.18. The highest BCUT2D eigenvalue weighted by Gasteiger charge is 2.27. The summed E-state index contributed by atoms with van der Waals surface area (Å²) in [6.07, 6.45) is 3.24. The van der Waals surface area contributed by atoms with Gasteiger partial charge in [0.2, 0.25) is 11.8 Å². The molecule has 1 heterocycles. The number of Topliss-reactive ketones (excluding diaryl/α,β-unsaturated/α-hetero) is 1. The summed E-state index contributed by atoms with van der Waals surface area (Å²) in [4.78, 5) is 38.1. The van der Waals surface area contributed by atoms with Crippen molar-refractivity contribution >= 4 is 30.0 Å². The second-order valence-corrected chi connectivity index (χ2v) is 6.51. The Bertz CT molecular complexity index is 640. The number of amides is 2. The van der Waals surface area contributed by atoms with Crippen LogP contribution in [0.2, 0.25) is 0 Å². The largest absolute Gasteiger partial charge is 0.354 e. The molecule has 3 N–H and O–H groups in total. The van der Waals surface area contributed by atoms with Crippen LogP contribution >= 0.6 is 12.4 Å². The van der Waals surface area contributed by atoms with Crippen LogP contribution in [0.25, 0.3) is 0 Å². The molecule has 2 rings (SSSR count). The zero-order valence-electron chi connectivity index (χ0n) is 15.3. The number of hydrogen-bond donors (Lipinski definition) is 2. The third-order valence-corrected chi connectivity index (χ3v) is 4.59. The fraction of sp³-hybridized carbons (Fsp3) is 0.526. The minimum atomic E-state index is -0.398. The molecule has 1 aromatic carbocycles. The van der Waals surface area contributed by atoms with E-state index in [0.717, 1.165) is 19.3 Å². The Hall–Kier alpha value is -1.99. The zero-order valence-corrected chi connectivity index (χ0v) is 16.1. The minimum absolute atomic E-state index is 0. The maximum Gasteiger partial charge on any atom is 0.223 e. The summed E-state index contributed by atoms with van der Waals surface area (Å²) in [5, 5.41) is 2.82. The van der Waals surface area contributed by atoms with Gasteiger partial charge in [-0.2, -0.15) is 0 Å². The van der Waals surface area contributed by atoms with E-state index >= 15 is 0 Å². The molecule has 1 atom stereocenters. The Morgan fingerprint density at radius 3 is 2.48 bits per heavy atom. The normalized spacial score (nSPS) is 16.4. The summed E-state index contributed by atoms with van der Waals surface area (Å²) in [6, 6.07) is 5.29. The Balaban J connectivity index is 0.00000364. The molecular weight excluding hydrogens is 373 g/mol. The maximum absolute atomic E-state index is 12.9. The lowest BCUT2D eigenvalue weighted by molar-refractivity contribution is -0.135. The lowest BCUT2D eigenvalue weighted by Gasteiger charge is -2.36. The van der Waals surface area contributed by atoms with Gasteiger partial charge in [0.15, 0.2) is 5.78 Å². The molecule has 1 fully saturated rings. The number of rotatable bonds is 8.